The number of aliphatic hydroxyl groups is 1. The Morgan fingerprint density at radius 2 is 2.20 bits per heavy atom. The van der Waals surface area contributed by atoms with Crippen molar-refractivity contribution < 1.29 is 24.1 Å². The lowest BCUT2D eigenvalue weighted by Crippen LogP contribution is -2.06. The number of benzene rings is 1. The summed E-state index contributed by atoms with van der Waals surface area (Å²) in [6, 6.07) is 4.78. The molecule has 0 fully saturated rings. The van der Waals surface area contributed by atoms with Gasteiger partial charge < -0.3 is 24.1 Å². The van der Waals surface area contributed by atoms with Crippen LogP contribution in [0.5, 0.6) is 17.2 Å². The Balaban J connectivity index is 2.60. The first-order valence-electron chi connectivity index (χ1n) is 5.99. The molecule has 0 bridgehead atoms. The Morgan fingerprint density at radius 3 is 2.90 bits per heavy atom. The van der Waals surface area contributed by atoms with Gasteiger partial charge in [0, 0.05) is 0 Å². The molecule has 0 radical (unpaired) electrons. The SMILES string of the molecule is C/C=C\Oc1c(O)c2cccc(OCCO)c2oc1=O. The maximum absolute atomic E-state index is 11.8. The summed E-state index contributed by atoms with van der Waals surface area (Å²) in [5.41, 5.74) is -0.704. The number of hydrogen-bond acceptors (Lipinski definition) is 6. The van der Waals surface area contributed by atoms with Crippen LogP contribution >= 0.6 is 0 Å². The van der Waals surface area contributed by atoms with Crippen LogP contribution in [0.2, 0.25) is 0 Å². The van der Waals surface area contributed by atoms with Crippen molar-refractivity contribution in [2.75, 3.05) is 13.2 Å². The summed E-state index contributed by atoms with van der Waals surface area (Å²) in [5.74, 6) is -0.333. The number of para-hydroxylation sites is 1. The fourth-order valence-corrected chi connectivity index (χ4v) is 1.67. The largest absolute Gasteiger partial charge is 0.504 e. The van der Waals surface area contributed by atoms with Gasteiger partial charge in [-0.05, 0) is 19.1 Å². The fraction of sp³-hybridized carbons (Fsp3) is 0.214. The van der Waals surface area contributed by atoms with Crippen molar-refractivity contribution in [1.82, 2.24) is 0 Å². The van der Waals surface area contributed by atoms with E-state index in [9.17, 15) is 9.90 Å². The second-order valence-corrected chi connectivity index (χ2v) is 3.86. The van der Waals surface area contributed by atoms with Crippen LogP contribution in [0.3, 0.4) is 0 Å². The number of hydrogen-bond donors (Lipinski definition) is 2. The van der Waals surface area contributed by atoms with E-state index in [1.54, 1.807) is 31.2 Å². The molecular formula is C14H14O6. The van der Waals surface area contributed by atoms with E-state index in [1.807, 2.05) is 0 Å². The third-order valence-corrected chi connectivity index (χ3v) is 2.50. The first-order valence-corrected chi connectivity index (χ1v) is 5.99. The maximum atomic E-state index is 11.8. The average Bonchev–Trinajstić information content (AvgIpc) is 2.45. The van der Waals surface area contributed by atoms with Crippen molar-refractivity contribution in [2.24, 2.45) is 0 Å². The highest BCUT2D eigenvalue weighted by Gasteiger charge is 2.17. The van der Waals surface area contributed by atoms with Gasteiger partial charge in [-0.3, -0.25) is 0 Å². The topological polar surface area (TPSA) is 89.1 Å². The second-order valence-electron chi connectivity index (χ2n) is 3.86. The van der Waals surface area contributed by atoms with Gasteiger partial charge in [0.2, 0.25) is 0 Å². The molecule has 0 spiro atoms. The third-order valence-electron chi connectivity index (χ3n) is 2.50. The van der Waals surface area contributed by atoms with Crippen LogP contribution in [-0.2, 0) is 0 Å². The Labute approximate surface area is 114 Å². The Kier molecular flexibility index (Phi) is 4.27. The number of ether oxygens (including phenoxy) is 2. The van der Waals surface area contributed by atoms with Gasteiger partial charge in [-0.25, -0.2) is 4.79 Å². The van der Waals surface area contributed by atoms with Gasteiger partial charge in [-0.15, -0.1) is 0 Å². The van der Waals surface area contributed by atoms with E-state index in [0.717, 1.165) is 0 Å². The van der Waals surface area contributed by atoms with Crippen LogP contribution in [0.15, 0.2) is 39.7 Å². The molecule has 20 heavy (non-hydrogen) atoms. The van der Waals surface area contributed by atoms with Gasteiger partial charge in [0.25, 0.3) is 5.75 Å². The van der Waals surface area contributed by atoms with Crippen LogP contribution in [0.1, 0.15) is 6.92 Å². The summed E-state index contributed by atoms with van der Waals surface area (Å²) < 4.78 is 15.4. The molecule has 0 aliphatic heterocycles. The first kappa shape index (κ1) is 14.0. The first-order chi connectivity index (χ1) is 9.69. The molecule has 0 aliphatic rings. The van der Waals surface area contributed by atoms with Crippen LogP contribution in [0, 0.1) is 0 Å². The number of aliphatic hydroxyl groups excluding tert-OH is 1. The van der Waals surface area contributed by atoms with Crippen LogP contribution in [0.4, 0.5) is 0 Å². The number of aromatic hydroxyl groups is 1. The lowest BCUT2D eigenvalue weighted by molar-refractivity contribution is 0.201. The molecule has 6 nitrogen and oxygen atoms in total. The second kappa shape index (κ2) is 6.12. The Bertz CT molecular complexity index is 686. The standard InChI is InChI=1S/C14H14O6/c1-2-7-19-13-11(16)9-4-3-5-10(18-8-6-15)12(9)20-14(13)17/h2-5,7,15-16H,6,8H2,1H3/b7-2-. The van der Waals surface area contributed by atoms with E-state index in [-0.39, 0.29) is 36.0 Å². The van der Waals surface area contributed by atoms with Crippen molar-refractivity contribution in [3.63, 3.8) is 0 Å². The molecule has 0 amide bonds. The average molecular weight is 278 g/mol. The molecule has 6 heteroatoms. The van der Waals surface area contributed by atoms with Gasteiger partial charge in [-0.1, -0.05) is 12.1 Å². The summed E-state index contributed by atoms with van der Waals surface area (Å²) in [6.45, 7) is 1.59. The number of fused-ring (bicyclic) bond motifs is 1. The molecule has 1 heterocycles. The molecule has 0 saturated carbocycles. The van der Waals surface area contributed by atoms with Crippen molar-refractivity contribution >= 4 is 11.0 Å². The molecule has 0 saturated heterocycles. The molecule has 106 valence electrons. The van der Waals surface area contributed by atoms with Gasteiger partial charge >= 0.3 is 5.63 Å². The normalized spacial score (nSPS) is 11.1. The van der Waals surface area contributed by atoms with Crippen LogP contribution in [0.25, 0.3) is 11.0 Å². The van der Waals surface area contributed by atoms with Crippen LogP contribution < -0.4 is 15.1 Å². The lowest BCUT2D eigenvalue weighted by Gasteiger charge is -2.09. The predicted molar refractivity (Wildman–Crippen MR) is 72.2 cm³/mol. The minimum Gasteiger partial charge on any atom is -0.504 e. The van der Waals surface area contributed by atoms with E-state index < -0.39 is 5.63 Å². The molecular weight excluding hydrogens is 264 g/mol. The van der Waals surface area contributed by atoms with E-state index in [4.69, 9.17) is 19.0 Å². The molecule has 2 aromatic rings. The number of rotatable bonds is 5. The quantitative estimate of drug-likeness (QED) is 0.640. The van der Waals surface area contributed by atoms with E-state index in [2.05, 4.69) is 0 Å². The van der Waals surface area contributed by atoms with Gasteiger partial charge in [-0.2, -0.15) is 0 Å². The van der Waals surface area contributed by atoms with Gasteiger partial charge in [0.05, 0.1) is 18.3 Å². The zero-order valence-corrected chi connectivity index (χ0v) is 10.8. The molecule has 2 rings (SSSR count). The molecule has 2 N–H and O–H groups in total. The van der Waals surface area contributed by atoms with Crippen molar-refractivity contribution in [3.05, 3.63) is 41.0 Å². The minimum absolute atomic E-state index is 0.0560. The molecule has 0 aliphatic carbocycles. The van der Waals surface area contributed by atoms with Gasteiger partial charge in [0.15, 0.2) is 17.1 Å². The van der Waals surface area contributed by atoms with Crippen molar-refractivity contribution in [1.29, 1.82) is 0 Å². The van der Waals surface area contributed by atoms with E-state index in [1.165, 1.54) is 6.26 Å². The molecule has 0 atom stereocenters. The van der Waals surface area contributed by atoms with E-state index >= 15 is 0 Å². The molecule has 0 unspecified atom stereocenters. The van der Waals surface area contributed by atoms with Crippen LogP contribution in [-0.4, -0.2) is 23.4 Å². The third kappa shape index (κ3) is 2.60. The summed E-state index contributed by atoms with van der Waals surface area (Å²) in [4.78, 5) is 11.8. The zero-order chi connectivity index (χ0) is 14.5. The van der Waals surface area contributed by atoms with Gasteiger partial charge in [0.1, 0.15) is 6.61 Å². The zero-order valence-electron chi connectivity index (χ0n) is 10.8. The summed E-state index contributed by atoms with van der Waals surface area (Å²) in [5, 5.41) is 19.1. The molecule has 1 aromatic carbocycles. The fourth-order valence-electron chi connectivity index (χ4n) is 1.67. The highest BCUT2D eigenvalue weighted by molar-refractivity contribution is 5.89. The van der Waals surface area contributed by atoms with Crippen molar-refractivity contribution in [2.45, 2.75) is 6.92 Å². The molecule has 1 aromatic heterocycles. The highest BCUT2D eigenvalue weighted by atomic mass is 16.5. The summed E-state index contributed by atoms with van der Waals surface area (Å²) in [7, 11) is 0. The minimum atomic E-state index is -0.812. The maximum Gasteiger partial charge on any atom is 0.383 e. The monoisotopic (exact) mass is 278 g/mol. The van der Waals surface area contributed by atoms with Crippen molar-refractivity contribution in [3.8, 4) is 17.2 Å². The summed E-state index contributed by atoms with van der Waals surface area (Å²) >= 11 is 0. The number of allylic oxidation sites excluding steroid dienone is 1. The Morgan fingerprint density at radius 1 is 1.40 bits per heavy atom. The van der Waals surface area contributed by atoms with E-state index in [0.29, 0.717) is 5.39 Å². The Hall–Kier alpha value is -2.47. The highest BCUT2D eigenvalue weighted by Crippen LogP contribution is 2.35. The predicted octanol–water partition coefficient (Wildman–Crippen LogP) is 1.78. The lowest BCUT2D eigenvalue weighted by atomic mass is 10.2. The summed E-state index contributed by atoms with van der Waals surface area (Å²) in [6.07, 6.45) is 2.84. The smallest absolute Gasteiger partial charge is 0.383 e.